The Balaban J connectivity index is 1.52. The molecule has 0 fully saturated rings. The molecule has 29 heavy (non-hydrogen) atoms. The number of rotatable bonds is 8. The minimum absolute atomic E-state index is 0.0224. The van der Waals surface area contributed by atoms with Gasteiger partial charge in [0.1, 0.15) is 0 Å². The van der Waals surface area contributed by atoms with E-state index >= 15 is 0 Å². The molecule has 2 atom stereocenters. The number of aryl methyl sites for hydroxylation is 2. The summed E-state index contributed by atoms with van der Waals surface area (Å²) in [7, 11) is 1.93. The molecule has 0 aliphatic heterocycles. The van der Waals surface area contributed by atoms with E-state index in [2.05, 4.69) is 27.5 Å². The molecule has 3 N–H and O–H groups in total. The number of benzene rings is 1. The maximum Gasteiger partial charge on any atom is 0.237 e. The first kappa shape index (κ1) is 20.8. The first-order chi connectivity index (χ1) is 13.8. The van der Waals surface area contributed by atoms with Gasteiger partial charge in [-0.15, -0.1) is 0 Å². The van der Waals surface area contributed by atoms with Crippen LogP contribution in [0.4, 0.5) is 0 Å². The fraction of sp³-hybridized carbons (Fsp3) is 0.409. The number of carbonyl (C=O) groups is 1. The van der Waals surface area contributed by atoms with Gasteiger partial charge in [0.15, 0.2) is 0 Å². The lowest BCUT2D eigenvalue weighted by Crippen LogP contribution is -2.46. The van der Waals surface area contributed by atoms with E-state index in [4.69, 9.17) is 5.73 Å². The molecular weight excluding hydrogens is 364 g/mol. The van der Waals surface area contributed by atoms with Crippen molar-refractivity contribution in [3.8, 4) is 0 Å². The lowest BCUT2D eigenvalue weighted by atomic mass is 10.0. The molecule has 154 valence electrons. The number of imidazole rings is 1. The first-order valence-corrected chi connectivity index (χ1v) is 9.93. The first-order valence-electron chi connectivity index (χ1n) is 9.93. The molecule has 3 aromatic rings. The predicted octanol–water partition coefficient (Wildman–Crippen LogP) is 1.90. The zero-order valence-corrected chi connectivity index (χ0v) is 17.6. The lowest BCUT2D eigenvalue weighted by molar-refractivity contribution is -0.122. The summed E-state index contributed by atoms with van der Waals surface area (Å²) in [6.45, 7) is 6.77. The number of hydrogen-bond acceptors (Lipinski definition) is 4. The Kier molecular flexibility index (Phi) is 6.49. The molecule has 1 amide bonds. The van der Waals surface area contributed by atoms with Crippen LogP contribution in [-0.4, -0.2) is 37.3 Å². The van der Waals surface area contributed by atoms with E-state index in [9.17, 15) is 4.79 Å². The number of hydrogen-bond donors (Lipinski definition) is 2. The highest BCUT2D eigenvalue weighted by Gasteiger charge is 2.19. The van der Waals surface area contributed by atoms with Crippen LogP contribution in [0.15, 0.2) is 42.9 Å². The summed E-state index contributed by atoms with van der Waals surface area (Å²) in [6, 6.07) is 9.53. The molecule has 0 bridgehead atoms. The van der Waals surface area contributed by atoms with E-state index in [-0.39, 0.29) is 11.9 Å². The molecule has 0 saturated heterocycles. The molecule has 0 aliphatic rings. The molecule has 0 spiro atoms. The molecule has 0 radical (unpaired) electrons. The van der Waals surface area contributed by atoms with E-state index in [1.165, 1.54) is 11.1 Å². The Labute approximate surface area is 171 Å². The van der Waals surface area contributed by atoms with E-state index in [0.29, 0.717) is 6.42 Å². The zero-order valence-electron chi connectivity index (χ0n) is 17.6. The van der Waals surface area contributed by atoms with Crippen molar-refractivity contribution in [2.75, 3.05) is 0 Å². The number of nitrogens with zero attached hydrogens (tertiary/aromatic N) is 4. The van der Waals surface area contributed by atoms with Crippen LogP contribution in [0.3, 0.4) is 0 Å². The Morgan fingerprint density at radius 3 is 2.59 bits per heavy atom. The average molecular weight is 395 g/mol. The van der Waals surface area contributed by atoms with Crippen molar-refractivity contribution < 1.29 is 4.79 Å². The van der Waals surface area contributed by atoms with E-state index in [1.807, 2.05) is 61.5 Å². The van der Waals surface area contributed by atoms with Gasteiger partial charge in [-0.1, -0.05) is 30.3 Å². The standard InChI is InChI=1S/C22H30N6O/c1-15(10-20-16(2)26-27(4)17(20)3)25-22(29)21(23)11-19-13-28(14-24-19)12-18-8-6-5-7-9-18/h5-9,13-15,21H,10-12,23H2,1-4H3,(H,25,29)/t15?,21-/m0/s1. The van der Waals surface area contributed by atoms with Gasteiger partial charge in [-0.05, 0) is 38.3 Å². The maximum absolute atomic E-state index is 12.5. The van der Waals surface area contributed by atoms with Crippen LogP contribution in [0.1, 0.15) is 35.1 Å². The van der Waals surface area contributed by atoms with Gasteiger partial charge < -0.3 is 15.6 Å². The molecule has 0 aliphatic carbocycles. The molecular formula is C22H30N6O. The van der Waals surface area contributed by atoms with E-state index in [0.717, 1.165) is 30.0 Å². The van der Waals surface area contributed by atoms with Crippen LogP contribution < -0.4 is 11.1 Å². The maximum atomic E-state index is 12.5. The van der Waals surface area contributed by atoms with Crippen molar-refractivity contribution in [1.29, 1.82) is 0 Å². The third-order valence-electron chi connectivity index (χ3n) is 5.22. The SMILES string of the molecule is Cc1nn(C)c(C)c1CC(C)NC(=O)[C@@H](N)Cc1cn(Cc2ccccc2)cn1. The van der Waals surface area contributed by atoms with Crippen LogP contribution >= 0.6 is 0 Å². The largest absolute Gasteiger partial charge is 0.352 e. The van der Waals surface area contributed by atoms with Crippen LogP contribution in [0.2, 0.25) is 0 Å². The smallest absolute Gasteiger partial charge is 0.237 e. The summed E-state index contributed by atoms with van der Waals surface area (Å²) in [4.78, 5) is 16.9. The van der Waals surface area contributed by atoms with Gasteiger partial charge in [0.25, 0.3) is 0 Å². The highest BCUT2D eigenvalue weighted by Crippen LogP contribution is 2.14. The van der Waals surface area contributed by atoms with Gasteiger partial charge in [0.05, 0.1) is 23.8 Å². The summed E-state index contributed by atoms with van der Waals surface area (Å²) in [5, 5.41) is 7.46. The Morgan fingerprint density at radius 1 is 1.21 bits per heavy atom. The summed E-state index contributed by atoms with van der Waals surface area (Å²) in [6.07, 6.45) is 4.87. The molecule has 2 aromatic heterocycles. The number of aromatic nitrogens is 4. The normalized spacial score (nSPS) is 13.3. The zero-order chi connectivity index (χ0) is 21.0. The van der Waals surface area contributed by atoms with Gasteiger partial charge in [-0.25, -0.2) is 4.98 Å². The van der Waals surface area contributed by atoms with E-state index in [1.54, 1.807) is 6.33 Å². The van der Waals surface area contributed by atoms with Crippen LogP contribution in [0.5, 0.6) is 0 Å². The molecule has 1 unspecified atom stereocenters. The van der Waals surface area contributed by atoms with Gasteiger partial charge in [0, 0.05) is 37.9 Å². The van der Waals surface area contributed by atoms with Gasteiger partial charge >= 0.3 is 0 Å². The second kappa shape index (κ2) is 9.05. The second-order valence-electron chi connectivity index (χ2n) is 7.72. The van der Waals surface area contributed by atoms with E-state index < -0.39 is 6.04 Å². The van der Waals surface area contributed by atoms with Crippen molar-refractivity contribution >= 4 is 5.91 Å². The number of nitrogens with one attached hydrogen (secondary N) is 1. The van der Waals surface area contributed by atoms with Crippen molar-refractivity contribution in [2.24, 2.45) is 12.8 Å². The number of amides is 1. The van der Waals surface area contributed by atoms with Crippen LogP contribution in [-0.2, 0) is 31.2 Å². The predicted molar refractivity (Wildman–Crippen MR) is 113 cm³/mol. The molecule has 7 nitrogen and oxygen atoms in total. The third kappa shape index (κ3) is 5.32. The monoisotopic (exact) mass is 394 g/mol. The van der Waals surface area contributed by atoms with Crippen molar-refractivity contribution in [3.63, 3.8) is 0 Å². The quantitative estimate of drug-likeness (QED) is 0.610. The lowest BCUT2D eigenvalue weighted by Gasteiger charge is -2.17. The van der Waals surface area contributed by atoms with Crippen LogP contribution in [0.25, 0.3) is 0 Å². The van der Waals surface area contributed by atoms with Crippen molar-refractivity contribution in [3.05, 3.63) is 71.1 Å². The Bertz CT molecular complexity index is 959. The number of nitrogens with two attached hydrogens (primary N) is 1. The molecule has 0 saturated carbocycles. The van der Waals surface area contributed by atoms with Crippen molar-refractivity contribution in [2.45, 2.75) is 52.2 Å². The van der Waals surface area contributed by atoms with Crippen LogP contribution in [0, 0.1) is 13.8 Å². The number of carbonyl (C=O) groups excluding carboxylic acids is 1. The summed E-state index contributed by atoms with van der Waals surface area (Å²) >= 11 is 0. The van der Waals surface area contributed by atoms with Crippen molar-refractivity contribution in [1.82, 2.24) is 24.6 Å². The molecule has 7 heteroatoms. The molecule has 1 aromatic carbocycles. The highest BCUT2D eigenvalue weighted by molar-refractivity contribution is 5.82. The van der Waals surface area contributed by atoms with Gasteiger partial charge in [0.2, 0.25) is 5.91 Å². The third-order valence-corrected chi connectivity index (χ3v) is 5.22. The molecule has 2 heterocycles. The van der Waals surface area contributed by atoms with Gasteiger partial charge in [-0.3, -0.25) is 9.48 Å². The fourth-order valence-corrected chi connectivity index (χ4v) is 3.53. The summed E-state index contributed by atoms with van der Waals surface area (Å²) in [5.74, 6) is -0.158. The highest BCUT2D eigenvalue weighted by atomic mass is 16.2. The molecule has 3 rings (SSSR count). The minimum Gasteiger partial charge on any atom is -0.352 e. The second-order valence-corrected chi connectivity index (χ2v) is 7.72. The average Bonchev–Trinajstić information content (AvgIpc) is 3.21. The topological polar surface area (TPSA) is 90.8 Å². The fourth-order valence-electron chi connectivity index (χ4n) is 3.53. The van der Waals surface area contributed by atoms with Gasteiger partial charge in [-0.2, -0.15) is 5.10 Å². The Morgan fingerprint density at radius 2 is 1.93 bits per heavy atom. The minimum atomic E-state index is -0.631. The summed E-state index contributed by atoms with van der Waals surface area (Å²) < 4.78 is 3.88. The summed E-state index contributed by atoms with van der Waals surface area (Å²) in [5.41, 5.74) is 11.5. The Hall–Kier alpha value is -2.93.